The minimum Gasteiger partial charge on any atom is -0.394 e. The molecule has 0 bridgehead atoms. The van der Waals surface area contributed by atoms with Crippen LogP contribution in [0.5, 0.6) is 0 Å². The Hall–Kier alpha value is -2.05. The van der Waals surface area contributed by atoms with Gasteiger partial charge in [-0.1, -0.05) is 17.4 Å². The van der Waals surface area contributed by atoms with Crippen molar-refractivity contribution in [1.82, 2.24) is 14.5 Å². The second-order valence-electron chi connectivity index (χ2n) is 6.43. The second-order valence-corrected chi connectivity index (χ2v) is 7.39. The predicted octanol–water partition coefficient (Wildman–Crippen LogP) is -0.466. The van der Waals surface area contributed by atoms with Crippen LogP contribution in [0.2, 0.25) is 0 Å². The fourth-order valence-electron chi connectivity index (χ4n) is 3.05. The quantitative estimate of drug-likeness (QED) is 0.399. The van der Waals surface area contributed by atoms with Gasteiger partial charge < -0.3 is 25.4 Å². The fraction of sp³-hybridized carbons (Fsp3) is 0.533. The van der Waals surface area contributed by atoms with Crippen molar-refractivity contribution >= 4 is 27.6 Å². The van der Waals surface area contributed by atoms with Gasteiger partial charge in [0.15, 0.2) is 17.7 Å². The molecule has 2 aromatic heterocycles. The molecule has 3 rings (SSSR count). The highest BCUT2D eigenvalue weighted by Crippen LogP contribution is 2.39. The Morgan fingerprint density at radius 3 is 2.81 bits per heavy atom. The van der Waals surface area contributed by atoms with Crippen molar-refractivity contribution in [3.05, 3.63) is 32.7 Å². The van der Waals surface area contributed by atoms with Crippen LogP contribution in [0.3, 0.4) is 0 Å². The lowest BCUT2D eigenvalue weighted by Crippen LogP contribution is -2.39. The molecule has 142 valence electrons. The van der Waals surface area contributed by atoms with Crippen LogP contribution in [0.4, 0.5) is 5.95 Å². The molecule has 0 aromatic carbocycles. The normalized spacial score (nSPS) is 26.5. The van der Waals surface area contributed by atoms with Crippen LogP contribution in [0.25, 0.3) is 10.3 Å². The summed E-state index contributed by atoms with van der Waals surface area (Å²) in [5.41, 5.74) is 5.12. The van der Waals surface area contributed by atoms with Gasteiger partial charge in [0.25, 0.3) is 5.56 Å². The number of nitrogens with two attached hydrogens (primary N) is 1. The van der Waals surface area contributed by atoms with Crippen molar-refractivity contribution < 1.29 is 19.7 Å². The van der Waals surface area contributed by atoms with E-state index in [1.807, 2.05) is 0 Å². The minimum absolute atomic E-state index is 0.0528. The number of H-pyrrole nitrogens is 1. The highest BCUT2D eigenvalue weighted by atomic mass is 32.1. The molecular formula is C15H20N4O6S. The lowest BCUT2D eigenvalue weighted by molar-refractivity contribution is -0.226. The molecule has 0 spiro atoms. The number of hydrogen-bond acceptors (Lipinski definition) is 9. The standard InChI is InChI=1S/C15H20N4O6S/c1-4-6-7(5-20)24-12(8(6)25-15(2,3)23)19-10-9(26-14(19)22)11(21)18-13(16)17-10/h4,6-8,12,20,23H,1,5H2,2-3H3,(H3,16,17,18,21)/t6-,7-,8-,12-/m1/s1. The number of rotatable bonds is 5. The highest BCUT2D eigenvalue weighted by molar-refractivity contribution is 7.16. The first-order valence-corrected chi connectivity index (χ1v) is 8.68. The summed E-state index contributed by atoms with van der Waals surface area (Å²) in [7, 11) is 0. The fourth-order valence-corrected chi connectivity index (χ4v) is 3.89. The Morgan fingerprint density at radius 2 is 2.23 bits per heavy atom. The first-order valence-electron chi connectivity index (χ1n) is 7.86. The number of aromatic nitrogens is 3. The Labute approximate surface area is 151 Å². The zero-order valence-corrected chi connectivity index (χ0v) is 15.0. The Bertz CT molecular complexity index is 942. The number of anilines is 1. The molecule has 0 saturated carbocycles. The van der Waals surface area contributed by atoms with Crippen molar-refractivity contribution in [3.63, 3.8) is 0 Å². The highest BCUT2D eigenvalue weighted by Gasteiger charge is 2.47. The summed E-state index contributed by atoms with van der Waals surface area (Å²) in [5.74, 6) is -2.18. The van der Waals surface area contributed by atoms with E-state index in [9.17, 15) is 19.8 Å². The molecule has 3 heterocycles. The third kappa shape index (κ3) is 3.19. The van der Waals surface area contributed by atoms with E-state index < -0.39 is 40.6 Å². The van der Waals surface area contributed by atoms with E-state index >= 15 is 0 Å². The van der Waals surface area contributed by atoms with Gasteiger partial charge in [0.1, 0.15) is 10.8 Å². The third-order valence-corrected chi connectivity index (χ3v) is 4.97. The summed E-state index contributed by atoms with van der Waals surface area (Å²) in [6.07, 6.45) is -1.05. The molecule has 0 unspecified atom stereocenters. The van der Waals surface area contributed by atoms with E-state index in [1.54, 1.807) is 0 Å². The summed E-state index contributed by atoms with van der Waals surface area (Å²) < 4.78 is 12.7. The number of nitrogens with one attached hydrogen (secondary N) is 1. The number of aliphatic hydroxyl groups excluding tert-OH is 1. The predicted molar refractivity (Wildman–Crippen MR) is 94.8 cm³/mol. The molecule has 11 heteroatoms. The lowest BCUT2D eigenvalue weighted by atomic mass is 9.98. The van der Waals surface area contributed by atoms with Crippen LogP contribution >= 0.6 is 11.3 Å². The zero-order chi connectivity index (χ0) is 19.2. The van der Waals surface area contributed by atoms with Gasteiger partial charge in [-0.3, -0.25) is 19.1 Å². The average molecular weight is 384 g/mol. The van der Waals surface area contributed by atoms with Gasteiger partial charge in [-0.05, 0) is 13.8 Å². The molecular weight excluding hydrogens is 364 g/mol. The van der Waals surface area contributed by atoms with E-state index in [0.717, 1.165) is 4.57 Å². The maximum atomic E-state index is 12.6. The molecule has 10 nitrogen and oxygen atoms in total. The number of nitrogen functional groups attached to an aromatic ring is 1. The molecule has 1 aliphatic rings. The van der Waals surface area contributed by atoms with Crippen LogP contribution in [-0.2, 0) is 9.47 Å². The van der Waals surface area contributed by atoms with E-state index in [1.165, 1.54) is 19.9 Å². The van der Waals surface area contributed by atoms with Gasteiger partial charge in [-0.25, -0.2) is 0 Å². The number of nitrogens with zero attached hydrogens (tertiary/aromatic N) is 2. The monoisotopic (exact) mass is 384 g/mol. The Kier molecular flexibility index (Phi) is 4.75. The summed E-state index contributed by atoms with van der Waals surface area (Å²) in [6.45, 7) is 6.25. The summed E-state index contributed by atoms with van der Waals surface area (Å²) in [5, 5.41) is 19.7. The van der Waals surface area contributed by atoms with E-state index in [0.29, 0.717) is 11.3 Å². The Balaban J connectivity index is 2.19. The lowest BCUT2D eigenvalue weighted by Gasteiger charge is -2.29. The molecule has 0 radical (unpaired) electrons. The van der Waals surface area contributed by atoms with Crippen molar-refractivity contribution in [2.75, 3.05) is 12.3 Å². The summed E-state index contributed by atoms with van der Waals surface area (Å²) in [4.78, 5) is 30.5. The number of ether oxygens (including phenoxy) is 2. The van der Waals surface area contributed by atoms with E-state index in [-0.39, 0.29) is 22.9 Å². The first-order chi connectivity index (χ1) is 12.2. The smallest absolute Gasteiger partial charge is 0.311 e. The van der Waals surface area contributed by atoms with E-state index in [4.69, 9.17) is 15.2 Å². The van der Waals surface area contributed by atoms with E-state index in [2.05, 4.69) is 16.5 Å². The molecule has 1 fully saturated rings. The molecule has 1 saturated heterocycles. The van der Waals surface area contributed by atoms with Gasteiger partial charge in [0.05, 0.1) is 12.7 Å². The molecule has 4 atom stereocenters. The minimum atomic E-state index is -1.53. The van der Waals surface area contributed by atoms with Crippen molar-refractivity contribution in [2.24, 2.45) is 5.92 Å². The van der Waals surface area contributed by atoms with Crippen LogP contribution < -0.4 is 16.2 Å². The maximum Gasteiger partial charge on any atom is 0.311 e. The topological polar surface area (TPSA) is 153 Å². The molecule has 1 aliphatic heterocycles. The van der Waals surface area contributed by atoms with Gasteiger partial charge in [-0.15, -0.1) is 6.58 Å². The molecule has 26 heavy (non-hydrogen) atoms. The van der Waals surface area contributed by atoms with Gasteiger partial charge in [0.2, 0.25) is 5.95 Å². The Morgan fingerprint density at radius 1 is 1.54 bits per heavy atom. The van der Waals surface area contributed by atoms with Gasteiger partial charge >= 0.3 is 4.87 Å². The zero-order valence-electron chi connectivity index (χ0n) is 14.2. The van der Waals surface area contributed by atoms with Gasteiger partial charge in [0, 0.05) is 5.92 Å². The third-order valence-electron chi connectivity index (χ3n) is 4.03. The van der Waals surface area contributed by atoms with Crippen LogP contribution in [0.15, 0.2) is 22.2 Å². The van der Waals surface area contributed by atoms with Crippen LogP contribution in [0, 0.1) is 5.92 Å². The van der Waals surface area contributed by atoms with Crippen molar-refractivity contribution in [2.45, 2.75) is 38.1 Å². The summed E-state index contributed by atoms with van der Waals surface area (Å²) >= 11 is 0.698. The maximum absolute atomic E-state index is 12.6. The number of aliphatic hydroxyl groups is 2. The molecule has 0 amide bonds. The average Bonchev–Trinajstić information content (AvgIpc) is 3.02. The van der Waals surface area contributed by atoms with Crippen LogP contribution in [0.1, 0.15) is 20.1 Å². The van der Waals surface area contributed by atoms with Crippen LogP contribution in [-0.4, -0.2) is 49.4 Å². The largest absolute Gasteiger partial charge is 0.394 e. The van der Waals surface area contributed by atoms with Crippen molar-refractivity contribution in [3.8, 4) is 0 Å². The summed E-state index contributed by atoms with van der Waals surface area (Å²) in [6, 6.07) is 0. The van der Waals surface area contributed by atoms with Gasteiger partial charge in [-0.2, -0.15) is 4.98 Å². The second kappa shape index (κ2) is 6.59. The molecule has 2 aromatic rings. The number of thiazole rings is 1. The van der Waals surface area contributed by atoms with Crippen molar-refractivity contribution in [1.29, 1.82) is 0 Å². The number of fused-ring (bicyclic) bond motifs is 1. The first kappa shape index (κ1) is 18.7. The SMILES string of the molecule is C=C[C@H]1[C@@H](OC(C)(C)O)[C@H](n2c(=O)sc3c(=O)[nH]c(N)nc32)O[C@@H]1CO. The number of aromatic amines is 1. The molecule has 5 N–H and O–H groups in total. The molecule has 0 aliphatic carbocycles. The number of hydrogen-bond donors (Lipinski definition) is 4.